The molecule has 2 atom stereocenters. The van der Waals surface area contributed by atoms with Gasteiger partial charge in [-0.25, -0.2) is 4.98 Å². The highest BCUT2D eigenvalue weighted by molar-refractivity contribution is 7.28. The lowest BCUT2D eigenvalue weighted by Crippen LogP contribution is -2.33. The van der Waals surface area contributed by atoms with Gasteiger partial charge in [0.2, 0.25) is 11.8 Å². The normalized spacial score (nSPS) is 22.1. The maximum absolute atomic E-state index is 13.5. The summed E-state index contributed by atoms with van der Waals surface area (Å²) in [5.41, 5.74) is 2.51. The van der Waals surface area contributed by atoms with Crippen LogP contribution in [0.15, 0.2) is 42.5 Å². The number of benzene rings is 2. The van der Waals surface area contributed by atoms with Crippen molar-refractivity contribution in [2.45, 2.75) is 90.3 Å². The maximum atomic E-state index is 13.5. The summed E-state index contributed by atoms with van der Waals surface area (Å²) in [6.07, 6.45) is 5.43. The molecule has 2 aliphatic carbocycles. The standard InChI is InChI=1S/C39H47N3O6S2/c1-5-29(47-38(45)24-15-11-22(12-16-24)35(43)40-3)27-19-20-28(30(6-2)48-39(46)25-17-13-23(14-18-25)36(44)41-4)34-33(27)42-37(50-34)32-21-26-9-7-8-10-31(26)49-32/h7-10,19-25,29-30H,5-6,11-18H2,1-4H3,(H,40,43)(H,41,44). The number of thiophene rings is 1. The highest BCUT2D eigenvalue weighted by Crippen LogP contribution is 2.44. The van der Waals surface area contributed by atoms with Crippen molar-refractivity contribution < 1.29 is 28.7 Å². The second-order valence-electron chi connectivity index (χ2n) is 13.6. The number of esters is 2. The van der Waals surface area contributed by atoms with Gasteiger partial charge in [-0.2, -0.15) is 0 Å². The summed E-state index contributed by atoms with van der Waals surface area (Å²) < 4.78 is 14.6. The van der Waals surface area contributed by atoms with E-state index in [2.05, 4.69) is 28.8 Å². The first kappa shape index (κ1) is 36.0. The minimum atomic E-state index is -0.494. The average molecular weight is 718 g/mol. The van der Waals surface area contributed by atoms with Gasteiger partial charge in [0, 0.05) is 41.8 Å². The Morgan fingerprint density at radius 2 is 1.22 bits per heavy atom. The maximum Gasteiger partial charge on any atom is 0.309 e. The van der Waals surface area contributed by atoms with Crippen LogP contribution in [0.5, 0.6) is 0 Å². The number of fused-ring (bicyclic) bond motifs is 2. The van der Waals surface area contributed by atoms with Gasteiger partial charge in [0.25, 0.3) is 0 Å². The molecule has 2 heterocycles. The summed E-state index contributed by atoms with van der Waals surface area (Å²) in [6, 6.07) is 14.4. The molecule has 2 saturated carbocycles. The third-order valence-corrected chi connectivity index (χ3v) is 12.9. The molecule has 0 bridgehead atoms. The molecule has 0 spiro atoms. The van der Waals surface area contributed by atoms with Gasteiger partial charge in [-0.15, -0.1) is 22.7 Å². The molecule has 2 unspecified atom stereocenters. The summed E-state index contributed by atoms with van der Waals surface area (Å²) >= 11 is 3.28. The predicted octanol–water partition coefficient (Wildman–Crippen LogP) is 8.27. The molecule has 11 heteroatoms. The summed E-state index contributed by atoms with van der Waals surface area (Å²) in [4.78, 5) is 57.5. The van der Waals surface area contributed by atoms with Crippen molar-refractivity contribution in [1.82, 2.24) is 15.6 Å². The van der Waals surface area contributed by atoms with Gasteiger partial charge in [0.1, 0.15) is 17.2 Å². The predicted molar refractivity (Wildman–Crippen MR) is 198 cm³/mol. The number of carbonyl (C=O) groups is 4. The molecular formula is C39H47N3O6S2. The zero-order valence-corrected chi connectivity index (χ0v) is 30.9. The summed E-state index contributed by atoms with van der Waals surface area (Å²) in [5.74, 6) is -0.950. The molecule has 50 heavy (non-hydrogen) atoms. The Hall–Kier alpha value is -3.83. The van der Waals surface area contributed by atoms with Crippen LogP contribution in [0.2, 0.25) is 0 Å². The van der Waals surface area contributed by atoms with E-state index >= 15 is 0 Å². The zero-order chi connectivity index (χ0) is 35.4. The SMILES string of the molecule is CCC(OC(=O)C1CCC(C(=O)NC)CC1)c1ccc(C(CC)OC(=O)C2CCC(C(=O)NC)CC2)c2sc(-c3cc4ccccc4s3)nc12. The van der Waals surface area contributed by atoms with Crippen LogP contribution >= 0.6 is 22.7 Å². The Balaban J connectivity index is 1.28. The lowest BCUT2D eigenvalue weighted by molar-refractivity contribution is -0.157. The van der Waals surface area contributed by atoms with E-state index in [1.165, 1.54) is 4.70 Å². The van der Waals surface area contributed by atoms with Crippen molar-refractivity contribution in [3.8, 4) is 9.88 Å². The fraction of sp³-hybridized carbons (Fsp3) is 0.513. The van der Waals surface area contributed by atoms with E-state index in [1.807, 2.05) is 38.1 Å². The van der Waals surface area contributed by atoms with Crippen LogP contribution in [0.4, 0.5) is 0 Å². The van der Waals surface area contributed by atoms with Crippen molar-refractivity contribution in [3.05, 3.63) is 53.6 Å². The molecule has 2 N–H and O–H groups in total. The third kappa shape index (κ3) is 7.59. The number of nitrogens with one attached hydrogen (secondary N) is 2. The number of carbonyl (C=O) groups excluding carboxylic acids is 4. The van der Waals surface area contributed by atoms with Crippen molar-refractivity contribution in [2.75, 3.05) is 14.1 Å². The fourth-order valence-corrected chi connectivity index (χ4v) is 9.81. The van der Waals surface area contributed by atoms with Crippen LogP contribution in [-0.2, 0) is 28.7 Å². The summed E-state index contributed by atoms with van der Waals surface area (Å²) in [5, 5.41) is 7.49. The highest BCUT2D eigenvalue weighted by Gasteiger charge is 2.34. The van der Waals surface area contributed by atoms with E-state index < -0.39 is 12.2 Å². The number of nitrogens with zero attached hydrogens (tertiary/aromatic N) is 1. The highest BCUT2D eigenvalue weighted by atomic mass is 32.1. The Morgan fingerprint density at radius 1 is 0.720 bits per heavy atom. The van der Waals surface area contributed by atoms with Gasteiger partial charge < -0.3 is 20.1 Å². The number of hydrogen-bond donors (Lipinski definition) is 2. The molecule has 2 fully saturated rings. The van der Waals surface area contributed by atoms with Gasteiger partial charge >= 0.3 is 11.9 Å². The molecule has 2 aromatic carbocycles. The Bertz CT molecular complexity index is 1720. The van der Waals surface area contributed by atoms with Gasteiger partial charge in [0.05, 0.1) is 26.9 Å². The van der Waals surface area contributed by atoms with E-state index in [1.54, 1.807) is 36.8 Å². The minimum Gasteiger partial charge on any atom is -0.457 e. The number of ether oxygens (including phenoxy) is 2. The number of amides is 2. The number of rotatable bonds is 11. The van der Waals surface area contributed by atoms with E-state index in [9.17, 15) is 19.2 Å². The largest absolute Gasteiger partial charge is 0.457 e. The van der Waals surface area contributed by atoms with Crippen LogP contribution < -0.4 is 10.6 Å². The molecule has 0 aliphatic heterocycles. The first-order chi connectivity index (χ1) is 24.2. The molecule has 2 aliphatic rings. The minimum absolute atomic E-state index is 0.0353. The molecule has 0 radical (unpaired) electrons. The monoisotopic (exact) mass is 717 g/mol. The summed E-state index contributed by atoms with van der Waals surface area (Å²) in [6.45, 7) is 4.03. The topological polar surface area (TPSA) is 124 Å². The van der Waals surface area contributed by atoms with Crippen LogP contribution in [-0.4, -0.2) is 42.8 Å². The number of hydrogen-bond acceptors (Lipinski definition) is 9. The molecule has 4 aromatic rings. The molecule has 2 amide bonds. The molecular weight excluding hydrogens is 671 g/mol. The van der Waals surface area contributed by atoms with E-state index in [4.69, 9.17) is 14.5 Å². The van der Waals surface area contributed by atoms with E-state index in [0.29, 0.717) is 64.2 Å². The van der Waals surface area contributed by atoms with Gasteiger partial charge in [-0.3, -0.25) is 19.2 Å². The first-order valence-corrected chi connectivity index (χ1v) is 19.6. The second-order valence-corrected chi connectivity index (χ2v) is 15.7. The van der Waals surface area contributed by atoms with Crippen LogP contribution in [0, 0.1) is 23.7 Å². The lowest BCUT2D eigenvalue weighted by Gasteiger charge is -2.28. The van der Waals surface area contributed by atoms with Crippen LogP contribution in [0.1, 0.15) is 101 Å². The number of aromatic nitrogens is 1. The Kier molecular flexibility index (Phi) is 11.5. The molecule has 9 nitrogen and oxygen atoms in total. The van der Waals surface area contributed by atoms with E-state index in [0.717, 1.165) is 36.6 Å². The van der Waals surface area contributed by atoms with Crippen molar-refractivity contribution in [3.63, 3.8) is 0 Å². The summed E-state index contributed by atoms with van der Waals surface area (Å²) in [7, 11) is 3.31. The lowest BCUT2D eigenvalue weighted by atomic mass is 9.81. The third-order valence-electron chi connectivity index (χ3n) is 10.5. The zero-order valence-electron chi connectivity index (χ0n) is 29.3. The Labute approximate surface area is 301 Å². The molecule has 266 valence electrons. The van der Waals surface area contributed by atoms with Gasteiger partial charge in [-0.1, -0.05) is 44.2 Å². The molecule has 6 rings (SSSR count). The van der Waals surface area contributed by atoms with Gasteiger partial charge in [0.15, 0.2) is 0 Å². The quantitative estimate of drug-likeness (QED) is 0.150. The van der Waals surface area contributed by atoms with Crippen molar-refractivity contribution >= 4 is 66.7 Å². The molecule has 2 aromatic heterocycles. The molecule has 0 saturated heterocycles. The smallest absolute Gasteiger partial charge is 0.309 e. The fourth-order valence-electron chi connectivity index (χ4n) is 7.55. The average Bonchev–Trinajstić information content (AvgIpc) is 3.81. The van der Waals surface area contributed by atoms with Crippen LogP contribution in [0.3, 0.4) is 0 Å². The second kappa shape index (κ2) is 16.0. The van der Waals surface area contributed by atoms with Crippen molar-refractivity contribution in [2.24, 2.45) is 23.7 Å². The first-order valence-electron chi connectivity index (χ1n) is 18.0. The van der Waals surface area contributed by atoms with Crippen molar-refractivity contribution in [1.29, 1.82) is 0 Å². The number of thiazole rings is 1. The van der Waals surface area contributed by atoms with Crippen LogP contribution in [0.25, 0.3) is 30.2 Å². The van der Waals surface area contributed by atoms with Gasteiger partial charge in [-0.05, 0) is 81.7 Å². The Morgan fingerprint density at radius 3 is 1.74 bits per heavy atom. The van der Waals surface area contributed by atoms with E-state index in [-0.39, 0.29) is 47.4 Å².